The van der Waals surface area contributed by atoms with Crippen LogP contribution < -0.4 is 22.3 Å². The van der Waals surface area contributed by atoms with Crippen molar-refractivity contribution in [1.82, 2.24) is 4.90 Å². The van der Waals surface area contributed by atoms with E-state index < -0.39 is 0 Å². The van der Waals surface area contributed by atoms with Crippen LogP contribution in [0.1, 0.15) is 0 Å². The normalized spacial score (nSPS) is 22.4. The highest BCUT2D eigenvalue weighted by molar-refractivity contribution is 4.90. The number of ether oxygens (including phenoxy) is 1. The summed E-state index contributed by atoms with van der Waals surface area (Å²) in [6.07, 6.45) is 1.86. The number of halogens is 1. The van der Waals surface area contributed by atoms with Crippen molar-refractivity contribution < 1.29 is 27.0 Å². The van der Waals surface area contributed by atoms with E-state index in [1.807, 2.05) is 6.26 Å². The fourth-order valence-electron chi connectivity index (χ4n) is 1.30. The minimum Gasteiger partial charge on any atom is -1.00 e. The Bertz CT molecular complexity index is 149. The highest BCUT2D eigenvalue weighted by Gasteiger charge is 2.23. The van der Waals surface area contributed by atoms with Gasteiger partial charge in [0.1, 0.15) is 6.61 Å². The first-order chi connectivity index (χ1) is 4.47. The molecular weight excluding hydrogens is 196 g/mol. The van der Waals surface area contributed by atoms with Crippen LogP contribution in [0.5, 0.6) is 0 Å². The summed E-state index contributed by atoms with van der Waals surface area (Å²) in [6.45, 7) is 4.31. The van der Waals surface area contributed by atoms with Gasteiger partial charge in [0.2, 0.25) is 5.82 Å². The third kappa shape index (κ3) is 1.27. The zero-order chi connectivity index (χ0) is 6.10. The Morgan fingerprint density at radius 1 is 1.50 bits per heavy atom. The van der Waals surface area contributed by atoms with Crippen LogP contribution in [-0.2, 0) is 4.74 Å². The summed E-state index contributed by atoms with van der Waals surface area (Å²) in [6, 6.07) is 0. The molecule has 0 spiro atoms. The number of rotatable bonds is 0. The van der Waals surface area contributed by atoms with Crippen molar-refractivity contribution in [3.8, 4) is 0 Å². The molecule has 58 valence electrons. The van der Waals surface area contributed by atoms with E-state index in [4.69, 9.17) is 4.74 Å². The summed E-state index contributed by atoms with van der Waals surface area (Å²) in [5.41, 5.74) is 0. The molecule has 0 radical (unpaired) electrons. The predicted octanol–water partition coefficient (Wildman–Crippen LogP) is -4.30. The molecule has 0 unspecified atom stereocenters. The highest BCUT2D eigenvalue weighted by Crippen LogP contribution is 2.04. The van der Waals surface area contributed by atoms with E-state index in [1.165, 1.54) is 18.9 Å². The van der Waals surface area contributed by atoms with E-state index in [2.05, 4.69) is 10.2 Å². The lowest BCUT2D eigenvalue weighted by atomic mass is 10.5. The standard InChI is InChI=1S/C6H10N2O.BrH/c1-2-8-3-4-9-5-6(8)7-1;/h5,7H,1-4H2;1H. The second kappa shape index (κ2) is 3.25. The Kier molecular flexibility index (Phi) is 2.56. The topological polar surface area (TPSA) is 29.1 Å². The van der Waals surface area contributed by atoms with Gasteiger partial charge in [0.05, 0.1) is 19.6 Å². The second-order valence-electron chi connectivity index (χ2n) is 2.39. The van der Waals surface area contributed by atoms with Crippen LogP contribution in [0.4, 0.5) is 0 Å². The van der Waals surface area contributed by atoms with Crippen LogP contribution in [0.3, 0.4) is 0 Å². The molecule has 1 fully saturated rings. The molecule has 0 aromatic carbocycles. The lowest BCUT2D eigenvalue weighted by Gasteiger charge is -2.18. The largest absolute Gasteiger partial charge is 1.00 e. The molecule has 0 amide bonds. The van der Waals surface area contributed by atoms with E-state index in [1.54, 1.807) is 0 Å². The average molecular weight is 207 g/mol. The third-order valence-electron chi connectivity index (χ3n) is 1.80. The maximum Gasteiger partial charge on any atom is 0.236 e. The number of hydrogen-bond acceptors (Lipinski definition) is 2. The molecule has 2 aliphatic heterocycles. The van der Waals surface area contributed by atoms with E-state index >= 15 is 0 Å². The number of hydrogen-bond donors (Lipinski definition) is 1. The number of quaternary nitrogens is 1. The summed E-state index contributed by atoms with van der Waals surface area (Å²) < 4.78 is 5.15. The van der Waals surface area contributed by atoms with Crippen LogP contribution in [0, 0.1) is 0 Å². The molecule has 0 aliphatic carbocycles. The first kappa shape index (κ1) is 7.88. The fraction of sp³-hybridized carbons (Fsp3) is 0.667. The Balaban J connectivity index is 0.000000500. The Morgan fingerprint density at radius 3 is 3.20 bits per heavy atom. The maximum absolute atomic E-state index is 5.15. The zero-order valence-corrected chi connectivity index (χ0v) is 7.30. The van der Waals surface area contributed by atoms with Gasteiger partial charge in [-0.25, -0.2) is 0 Å². The van der Waals surface area contributed by atoms with Gasteiger partial charge in [0.15, 0.2) is 6.26 Å². The minimum atomic E-state index is 0. The molecule has 0 saturated carbocycles. The highest BCUT2D eigenvalue weighted by atomic mass is 79.9. The molecule has 2 N–H and O–H groups in total. The van der Waals surface area contributed by atoms with Gasteiger partial charge in [-0.3, -0.25) is 5.32 Å². The lowest BCUT2D eigenvalue weighted by molar-refractivity contribution is -0.596. The van der Waals surface area contributed by atoms with Gasteiger partial charge >= 0.3 is 0 Å². The maximum atomic E-state index is 5.15. The monoisotopic (exact) mass is 206 g/mol. The van der Waals surface area contributed by atoms with Crippen molar-refractivity contribution >= 4 is 0 Å². The third-order valence-corrected chi connectivity index (χ3v) is 1.80. The molecule has 0 aromatic heterocycles. The van der Waals surface area contributed by atoms with Gasteiger partial charge in [-0.2, -0.15) is 0 Å². The van der Waals surface area contributed by atoms with Crippen molar-refractivity contribution in [2.75, 3.05) is 26.2 Å². The van der Waals surface area contributed by atoms with Crippen molar-refractivity contribution in [3.63, 3.8) is 0 Å². The molecule has 2 heterocycles. The lowest BCUT2D eigenvalue weighted by Crippen LogP contribution is -3.00. The molecule has 4 heteroatoms. The number of nitrogens with two attached hydrogens (primary N) is 1. The van der Waals surface area contributed by atoms with Gasteiger partial charge in [-0.15, -0.1) is 0 Å². The molecule has 0 aromatic rings. The summed E-state index contributed by atoms with van der Waals surface area (Å²) in [5, 5.41) is 2.22. The van der Waals surface area contributed by atoms with Crippen LogP contribution in [0.15, 0.2) is 12.1 Å². The SMILES string of the molecule is C1=C2[NH2+]CCN2CCO1.[Br-]. The van der Waals surface area contributed by atoms with Gasteiger partial charge < -0.3 is 26.6 Å². The van der Waals surface area contributed by atoms with E-state index in [0.717, 1.165) is 13.2 Å². The molecule has 3 nitrogen and oxygen atoms in total. The van der Waals surface area contributed by atoms with E-state index in [-0.39, 0.29) is 17.0 Å². The smallest absolute Gasteiger partial charge is 0.236 e. The Hall–Kier alpha value is -0.220. The second-order valence-corrected chi connectivity index (χ2v) is 2.39. The van der Waals surface area contributed by atoms with E-state index in [9.17, 15) is 0 Å². The van der Waals surface area contributed by atoms with E-state index in [0.29, 0.717) is 0 Å². The molecule has 0 atom stereocenters. The molecule has 2 aliphatic rings. The number of nitrogens with zero attached hydrogens (tertiary/aromatic N) is 1. The number of fused-ring (bicyclic) bond motifs is 1. The summed E-state index contributed by atoms with van der Waals surface area (Å²) in [4.78, 5) is 2.35. The first-order valence-electron chi connectivity index (χ1n) is 3.37. The van der Waals surface area contributed by atoms with Crippen LogP contribution in [0.2, 0.25) is 0 Å². The van der Waals surface area contributed by atoms with Gasteiger partial charge in [-0.1, -0.05) is 0 Å². The molecular formula is C6H11BrN2O. The zero-order valence-electron chi connectivity index (χ0n) is 5.72. The quantitative estimate of drug-likeness (QED) is 0.435. The Morgan fingerprint density at radius 2 is 2.40 bits per heavy atom. The molecule has 0 bridgehead atoms. The Labute approximate surface area is 70.8 Å². The van der Waals surface area contributed by atoms with Crippen LogP contribution in [-0.4, -0.2) is 31.1 Å². The molecule has 2 rings (SSSR count). The van der Waals surface area contributed by atoms with Crippen molar-refractivity contribution in [1.29, 1.82) is 0 Å². The fourth-order valence-corrected chi connectivity index (χ4v) is 1.30. The summed E-state index contributed by atoms with van der Waals surface area (Å²) in [5.74, 6) is 1.28. The first-order valence-corrected chi connectivity index (χ1v) is 3.37. The summed E-state index contributed by atoms with van der Waals surface area (Å²) in [7, 11) is 0. The van der Waals surface area contributed by atoms with Crippen LogP contribution in [0.25, 0.3) is 0 Å². The van der Waals surface area contributed by atoms with Crippen LogP contribution >= 0.6 is 0 Å². The molecule has 10 heavy (non-hydrogen) atoms. The molecule has 1 saturated heterocycles. The van der Waals surface area contributed by atoms with Gasteiger partial charge in [-0.05, 0) is 0 Å². The minimum absolute atomic E-state index is 0. The van der Waals surface area contributed by atoms with Gasteiger partial charge in [0.25, 0.3) is 0 Å². The van der Waals surface area contributed by atoms with Gasteiger partial charge in [0, 0.05) is 0 Å². The van der Waals surface area contributed by atoms with Crippen molar-refractivity contribution in [2.45, 2.75) is 0 Å². The predicted molar refractivity (Wildman–Crippen MR) is 32.4 cm³/mol. The van der Waals surface area contributed by atoms with Crippen molar-refractivity contribution in [3.05, 3.63) is 12.1 Å². The van der Waals surface area contributed by atoms with Crippen molar-refractivity contribution in [2.24, 2.45) is 0 Å². The average Bonchev–Trinajstić information content (AvgIpc) is 2.33. The summed E-state index contributed by atoms with van der Waals surface area (Å²) >= 11 is 0.